The Morgan fingerprint density at radius 2 is 1.25 bits per heavy atom. The minimum Gasteiger partial charge on any atom is -0.388 e. The Labute approximate surface area is 140 Å². The fourth-order valence-electron chi connectivity index (χ4n) is 3.05. The summed E-state index contributed by atoms with van der Waals surface area (Å²) in [6, 6.07) is 19.4. The molecule has 5 atom stereocenters. The predicted molar refractivity (Wildman–Crippen MR) is 86.0 cm³/mol. The summed E-state index contributed by atoms with van der Waals surface area (Å²) in [5, 5.41) is 10.4. The normalized spacial score (nSPS) is 33.5. The molecule has 5 nitrogen and oxygen atoms in total. The Morgan fingerprint density at radius 3 is 1.88 bits per heavy atom. The summed E-state index contributed by atoms with van der Waals surface area (Å²) in [5.74, 6) is 0. The molecular weight excluding hydrogens is 308 g/mol. The SMILES string of the molecule is O[C@@H]1COC(c2ccccc2)O[C@H]2COC(c3ccccc3)O[C@@H]12. The van der Waals surface area contributed by atoms with Crippen LogP contribution in [0.4, 0.5) is 0 Å². The van der Waals surface area contributed by atoms with Gasteiger partial charge in [0.1, 0.15) is 18.3 Å². The highest BCUT2D eigenvalue weighted by Crippen LogP contribution is 2.34. The molecule has 0 bridgehead atoms. The van der Waals surface area contributed by atoms with Crippen molar-refractivity contribution in [2.45, 2.75) is 30.9 Å². The van der Waals surface area contributed by atoms with Crippen molar-refractivity contribution < 1.29 is 24.1 Å². The lowest BCUT2D eigenvalue weighted by atomic mass is 10.1. The van der Waals surface area contributed by atoms with Gasteiger partial charge in [-0.05, 0) is 0 Å². The maximum Gasteiger partial charge on any atom is 0.184 e. The smallest absolute Gasteiger partial charge is 0.184 e. The van der Waals surface area contributed by atoms with Gasteiger partial charge in [0.15, 0.2) is 12.6 Å². The minimum atomic E-state index is -0.765. The third kappa shape index (κ3) is 3.22. The third-order valence-corrected chi connectivity index (χ3v) is 4.30. The maximum atomic E-state index is 10.4. The summed E-state index contributed by atoms with van der Waals surface area (Å²) in [4.78, 5) is 0. The Hall–Kier alpha value is -1.76. The molecule has 2 aliphatic heterocycles. The summed E-state index contributed by atoms with van der Waals surface area (Å²) < 4.78 is 23.5. The monoisotopic (exact) mass is 328 g/mol. The van der Waals surface area contributed by atoms with Crippen LogP contribution in [-0.2, 0) is 18.9 Å². The topological polar surface area (TPSA) is 57.2 Å². The van der Waals surface area contributed by atoms with E-state index in [4.69, 9.17) is 18.9 Å². The van der Waals surface area contributed by atoms with Crippen molar-refractivity contribution in [1.82, 2.24) is 0 Å². The van der Waals surface area contributed by atoms with Crippen LogP contribution < -0.4 is 0 Å². The van der Waals surface area contributed by atoms with Gasteiger partial charge in [-0.1, -0.05) is 60.7 Å². The maximum absolute atomic E-state index is 10.4. The molecule has 2 aromatic rings. The van der Waals surface area contributed by atoms with E-state index in [-0.39, 0.29) is 12.7 Å². The fourth-order valence-corrected chi connectivity index (χ4v) is 3.05. The molecule has 126 valence electrons. The first-order valence-corrected chi connectivity index (χ1v) is 8.13. The highest BCUT2D eigenvalue weighted by Gasteiger charge is 2.42. The average molecular weight is 328 g/mol. The number of fused-ring (bicyclic) bond motifs is 1. The molecule has 0 radical (unpaired) electrons. The molecule has 0 saturated carbocycles. The van der Waals surface area contributed by atoms with Crippen LogP contribution >= 0.6 is 0 Å². The van der Waals surface area contributed by atoms with Crippen molar-refractivity contribution in [3.05, 3.63) is 71.8 Å². The Bertz CT molecular complexity index is 647. The zero-order valence-electron chi connectivity index (χ0n) is 13.2. The van der Waals surface area contributed by atoms with Gasteiger partial charge >= 0.3 is 0 Å². The lowest BCUT2D eigenvalue weighted by molar-refractivity contribution is -0.289. The number of ether oxygens (including phenoxy) is 4. The number of rotatable bonds is 2. The standard InChI is InChI=1S/C19H20O5/c20-15-11-21-18(13-7-3-1-4-8-13)23-16-12-22-19(24-17(15)16)14-9-5-2-6-10-14/h1-10,15-20H,11-12H2/t15-,16+,17+,18?,19?/m1/s1. The first-order chi connectivity index (χ1) is 11.8. The van der Waals surface area contributed by atoms with Gasteiger partial charge in [-0.25, -0.2) is 0 Å². The molecule has 24 heavy (non-hydrogen) atoms. The molecule has 2 saturated heterocycles. The molecule has 2 aliphatic rings. The van der Waals surface area contributed by atoms with Crippen LogP contribution in [0.2, 0.25) is 0 Å². The molecule has 5 heteroatoms. The number of aliphatic hydroxyl groups excluding tert-OH is 1. The summed E-state index contributed by atoms with van der Waals surface area (Å²) >= 11 is 0. The van der Waals surface area contributed by atoms with Crippen molar-refractivity contribution in [2.24, 2.45) is 0 Å². The van der Waals surface area contributed by atoms with E-state index in [1.807, 2.05) is 60.7 Å². The second-order valence-electron chi connectivity index (χ2n) is 5.99. The number of hydrogen-bond donors (Lipinski definition) is 1. The van der Waals surface area contributed by atoms with Crippen LogP contribution in [-0.4, -0.2) is 36.6 Å². The Kier molecular flexibility index (Phi) is 4.60. The summed E-state index contributed by atoms with van der Waals surface area (Å²) in [6.45, 7) is 0.496. The van der Waals surface area contributed by atoms with Gasteiger partial charge < -0.3 is 24.1 Å². The average Bonchev–Trinajstić information content (AvgIpc) is 2.82. The molecule has 1 N–H and O–H groups in total. The molecule has 2 fully saturated rings. The zero-order valence-corrected chi connectivity index (χ0v) is 13.2. The second-order valence-corrected chi connectivity index (χ2v) is 5.99. The molecular formula is C19H20O5. The molecule has 4 rings (SSSR count). The molecule has 0 spiro atoms. The molecule has 0 aromatic heterocycles. The Balaban J connectivity index is 1.51. The number of benzene rings is 2. The van der Waals surface area contributed by atoms with Crippen molar-refractivity contribution in [3.8, 4) is 0 Å². The Morgan fingerprint density at radius 1 is 0.708 bits per heavy atom. The van der Waals surface area contributed by atoms with E-state index in [0.717, 1.165) is 11.1 Å². The van der Waals surface area contributed by atoms with Crippen LogP contribution in [0.3, 0.4) is 0 Å². The van der Waals surface area contributed by atoms with E-state index in [9.17, 15) is 5.11 Å². The van der Waals surface area contributed by atoms with E-state index in [1.165, 1.54) is 0 Å². The van der Waals surface area contributed by atoms with Gasteiger partial charge in [-0.2, -0.15) is 0 Å². The van der Waals surface area contributed by atoms with Crippen LogP contribution in [0, 0.1) is 0 Å². The highest BCUT2D eigenvalue weighted by molar-refractivity contribution is 5.18. The molecule has 2 heterocycles. The highest BCUT2D eigenvalue weighted by atomic mass is 16.7. The first kappa shape index (κ1) is 15.7. The van der Waals surface area contributed by atoms with Crippen molar-refractivity contribution in [3.63, 3.8) is 0 Å². The van der Waals surface area contributed by atoms with Gasteiger partial charge in [-0.3, -0.25) is 0 Å². The lowest BCUT2D eigenvalue weighted by Crippen LogP contribution is -2.48. The quantitative estimate of drug-likeness (QED) is 0.918. The molecule has 0 amide bonds. The van der Waals surface area contributed by atoms with Gasteiger partial charge in [0.2, 0.25) is 0 Å². The van der Waals surface area contributed by atoms with E-state index < -0.39 is 24.8 Å². The zero-order chi connectivity index (χ0) is 16.4. The number of aliphatic hydroxyl groups is 1. The van der Waals surface area contributed by atoms with Gasteiger partial charge in [0.05, 0.1) is 13.2 Å². The summed E-state index contributed by atoms with van der Waals surface area (Å²) in [5.41, 5.74) is 1.84. The van der Waals surface area contributed by atoms with Crippen LogP contribution in [0.5, 0.6) is 0 Å². The lowest BCUT2D eigenvalue weighted by Gasteiger charge is -2.37. The van der Waals surface area contributed by atoms with Crippen LogP contribution in [0.1, 0.15) is 23.7 Å². The molecule has 2 aromatic carbocycles. The summed E-state index contributed by atoms with van der Waals surface area (Å²) in [6.07, 6.45) is -2.67. The van der Waals surface area contributed by atoms with Crippen molar-refractivity contribution in [1.29, 1.82) is 0 Å². The van der Waals surface area contributed by atoms with E-state index in [0.29, 0.717) is 6.61 Å². The van der Waals surface area contributed by atoms with E-state index in [2.05, 4.69) is 0 Å². The van der Waals surface area contributed by atoms with Gasteiger partial charge in [0.25, 0.3) is 0 Å². The van der Waals surface area contributed by atoms with Crippen LogP contribution in [0.15, 0.2) is 60.7 Å². The van der Waals surface area contributed by atoms with Crippen LogP contribution in [0.25, 0.3) is 0 Å². The van der Waals surface area contributed by atoms with Crippen molar-refractivity contribution >= 4 is 0 Å². The fraction of sp³-hybridized carbons (Fsp3) is 0.368. The molecule has 2 unspecified atom stereocenters. The van der Waals surface area contributed by atoms with Crippen molar-refractivity contribution in [2.75, 3.05) is 13.2 Å². The molecule has 0 aliphatic carbocycles. The van der Waals surface area contributed by atoms with Gasteiger partial charge in [0, 0.05) is 11.1 Å². The third-order valence-electron chi connectivity index (χ3n) is 4.30. The van der Waals surface area contributed by atoms with Gasteiger partial charge in [-0.15, -0.1) is 0 Å². The summed E-state index contributed by atoms with van der Waals surface area (Å²) in [7, 11) is 0. The first-order valence-electron chi connectivity index (χ1n) is 8.13. The van der Waals surface area contributed by atoms with E-state index >= 15 is 0 Å². The minimum absolute atomic E-state index is 0.155. The predicted octanol–water partition coefficient (Wildman–Crippen LogP) is 2.58. The second kappa shape index (κ2) is 7.01. The number of hydrogen-bond acceptors (Lipinski definition) is 5. The largest absolute Gasteiger partial charge is 0.388 e. The van der Waals surface area contributed by atoms with E-state index in [1.54, 1.807) is 0 Å².